The Labute approximate surface area is 96.6 Å². The highest BCUT2D eigenvalue weighted by molar-refractivity contribution is 7.91. The zero-order valence-corrected chi connectivity index (χ0v) is 10.0. The molecule has 84 valence electrons. The number of rotatable bonds is 3. The molecule has 0 atom stereocenters. The summed E-state index contributed by atoms with van der Waals surface area (Å²) in [6.45, 7) is 1.74. The molecule has 0 radical (unpaired) electrons. The maximum absolute atomic E-state index is 12.0. The van der Waals surface area contributed by atoms with Crippen molar-refractivity contribution in [3.05, 3.63) is 29.8 Å². The lowest BCUT2D eigenvalue weighted by Crippen LogP contribution is -2.08. The van der Waals surface area contributed by atoms with E-state index in [-0.39, 0.29) is 5.75 Å². The van der Waals surface area contributed by atoms with Gasteiger partial charge in [0.1, 0.15) is 0 Å². The normalized spacial score (nSPS) is 15.3. The Morgan fingerprint density at radius 2 is 2.12 bits per heavy atom. The van der Waals surface area contributed by atoms with Crippen LogP contribution in [-0.2, 0) is 9.84 Å². The number of benzene rings is 1. The number of hydrogen-bond acceptors (Lipinski definition) is 2. The molecule has 1 aromatic carbocycles. The third kappa shape index (κ3) is 2.65. The molecule has 16 heavy (non-hydrogen) atoms. The Morgan fingerprint density at radius 1 is 1.38 bits per heavy atom. The van der Waals surface area contributed by atoms with Crippen molar-refractivity contribution in [2.75, 3.05) is 5.75 Å². The van der Waals surface area contributed by atoms with Crippen LogP contribution in [0.2, 0.25) is 0 Å². The van der Waals surface area contributed by atoms with Crippen LogP contribution in [0.3, 0.4) is 0 Å². The summed E-state index contributed by atoms with van der Waals surface area (Å²) < 4.78 is 24.0. The quantitative estimate of drug-likeness (QED) is 0.752. The topological polar surface area (TPSA) is 34.1 Å². The molecule has 0 bridgehead atoms. The van der Waals surface area contributed by atoms with E-state index in [9.17, 15) is 8.42 Å². The molecule has 3 heteroatoms. The summed E-state index contributed by atoms with van der Waals surface area (Å²) in [6, 6.07) is 6.89. The molecule has 0 aromatic heterocycles. The van der Waals surface area contributed by atoms with Gasteiger partial charge >= 0.3 is 0 Å². The monoisotopic (exact) mass is 234 g/mol. The fourth-order valence-corrected chi connectivity index (χ4v) is 3.34. The molecule has 2 rings (SSSR count). The third-order valence-electron chi connectivity index (χ3n) is 2.61. The predicted molar refractivity (Wildman–Crippen MR) is 63.8 cm³/mol. The van der Waals surface area contributed by atoms with Gasteiger partial charge in [0.25, 0.3) is 0 Å². The molecule has 2 nitrogen and oxygen atoms in total. The SMILES string of the molecule is CC#Cc1cccc(S(=O)(=O)CC2CC2)c1. The van der Waals surface area contributed by atoms with Crippen LogP contribution < -0.4 is 0 Å². The second kappa shape index (κ2) is 4.31. The average molecular weight is 234 g/mol. The van der Waals surface area contributed by atoms with Gasteiger partial charge in [0, 0.05) is 5.56 Å². The zero-order valence-electron chi connectivity index (χ0n) is 9.23. The van der Waals surface area contributed by atoms with Gasteiger partial charge in [0.15, 0.2) is 9.84 Å². The number of sulfone groups is 1. The molecule has 1 aromatic rings. The highest BCUT2D eigenvalue weighted by atomic mass is 32.2. The van der Waals surface area contributed by atoms with Gasteiger partial charge in [-0.25, -0.2) is 8.42 Å². The first-order valence-electron chi connectivity index (χ1n) is 5.37. The lowest BCUT2D eigenvalue weighted by atomic mass is 10.2. The molecule has 1 saturated carbocycles. The molecule has 0 aliphatic heterocycles. The van der Waals surface area contributed by atoms with Crippen LogP contribution in [0.15, 0.2) is 29.2 Å². The summed E-state index contributed by atoms with van der Waals surface area (Å²) in [7, 11) is -3.11. The first-order valence-corrected chi connectivity index (χ1v) is 7.02. The molecule has 0 N–H and O–H groups in total. The minimum Gasteiger partial charge on any atom is -0.224 e. The standard InChI is InChI=1S/C13H14O2S/c1-2-4-11-5-3-6-13(9-11)16(14,15)10-12-7-8-12/h3,5-6,9,12H,7-8,10H2,1H3. The second-order valence-electron chi connectivity index (χ2n) is 4.13. The molecule has 1 aliphatic rings. The van der Waals surface area contributed by atoms with E-state index in [0.717, 1.165) is 18.4 Å². The summed E-state index contributed by atoms with van der Waals surface area (Å²) in [4.78, 5) is 0.402. The Kier molecular flexibility index (Phi) is 3.02. The molecular weight excluding hydrogens is 220 g/mol. The lowest BCUT2D eigenvalue weighted by molar-refractivity contribution is 0.592. The van der Waals surface area contributed by atoms with Gasteiger partial charge in [-0.05, 0) is 43.9 Å². The summed E-state index contributed by atoms with van der Waals surface area (Å²) >= 11 is 0. The van der Waals surface area contributed by atoms with E-state index >= 15 is 0 Å². The van der Waals surface area contributed by atoms with E-state index in [1.165, 1.54) is 0 Å². The van der Waals surface area contributed by atoms with Crippen LogP contribution in [0.25, 0.3) is 0 Å². The van der Waals surface area contributed by atoms with E-state index in [1.807, 2.05) is 6.07 Å². The maximum Gasteiger partial charge on any atom is 0.178 e. The molecule has 0 heterocycles. The first-order chi connectivity index (χ1) is 7.62. The molecule has 1 fully saturated rings. The molecule has 1 aliphatic carbocycles. The van der Waals surface area contributed by atoms with Crippen molar-refractivity contribution >= 4 is 9.84 Å². The average Bonchev–Trinajstić information content (AvgIpc) is 3.02. The summed E-state index contributed by atoms with van der Waals surface area (Å²) in [5, 5.41) is 0. The molecule has 0 spiro atoms. The van der Waals surface area contributed by atoms with Gasteiger partial charge in [-0.3, -0.25) is 0 Å². The summed E-state index contributed by atoms with van der Waals surface area (Å²) in [6.07, 6.45) is 2.10. The van der Waals surface area contributed by atoms with Crippen molar-refractivity contribution in [3.63, 3.8) is 0 Å². The predicted octanol–water partition coefficient (Wildman–Crippen LogP) is 2.24. The lowest BCUT2D eigenvalue weighted by Gasteiger charge is -2.03. The maximum atomic E-state index is 12.0. The van der Waals surface area contributed by atoms with Crippen molar-refractivity contribution < 1.29 is 8.42 Å². The Hall–Kier alpha value is -1.27. The highest BCUT2D eigenvalue weighted by Crippen LogP contribution is 2.32. The van der Waals surface area contributed by atoms with Crippen molar-refractivity contribution in [2.45, 2.75) is 24.7 Å². The van der Waals surface area contributed by atoms with Crippen LogP contribution >= 0.6 is 0 Å². The largest absolute Gasteiger partial charge is 0.224 e. The van der Waals surface area contributed by atoms with Gasteiger partial charge in [0.2, 0.25) is 0 Å². The van der Waals surface area contributed by atoms with Crippen LogP contribution in [0.1, 0.15) is 25.3 Å². The molecule has 0 unspecified atom stereocenters. The van der Waals surface area contributed by atoms with Crippen LogP contribution in [0, 0.1) is 17.8 Å². The Balaban J connectivity index is 2.30. The zero-order chi connectivity index (χ0) is 11.6. The Morgan fingerprint density at radius 3 is 2.75 bits per heavy atom. The van der Waals surface area contributed by atoms with Gasteiger partial charge < -0.3 is 0 Å². The van der Waals surface area contributed by atoms with Crippen LogP contribution in [-0.4, -0.2) is 14.2 Å². The fraction of sp³-hybridized carbons (Fsp3) is 0.385. The van der Waals surface area contributed by atoms with Crippen LogP contribution in [0.4, 0.5) is 0 Å². The second-order valence-corrected chi connectivity index (χ2v) is 6.16. The van der Waals surface area contributed by atoms with E-state index in [2.05, 4.69) is 11.8 Å². The van der Waals surface area contributed by atoms with Crippen molar-refractivity contribution in [1.82, 2.24) is 0 Å². The van der Waals surface area contributed by atoms with Crippen molar-refractivity contribution in [1.29, 1.82) is 0 Å². The van der Waals surface area contributed by atoms with Crippen LogP contribution in [0.5, 0.6) is 0 Å². The molecule has 0 amide bonds. The fourth-order valence-electron chi connectivity index (χ4n) is 1.60. The highest BCUT2D eigenvalue weighted by Gasteiger charge is 2.28. The first kappa shape index (κ1) is 11.2. The minimum atomic E-state index is -3.11. The van der Waals surface area contributed by atoms with E-state index in [4.69, 9.17) is 0 Å². The molecule has 0 saturated heterocycles. The van der Waals surface area contributed by atoms with E-state index in [0.29, 0.717) is 10.8 Å². The van der Waals surface area contributed by atoms with Gasteiger partial charge in [-0.1, -0.05) is 12.0 Å². The Bertz CT molecular complexity index is 543. The third-order valence-corrected chi connectivity index (χ3v) is 4.50. The van der Waals surface area contributed by atoms with Crippen molar-refractivity contribution in [3.8, 4) is 11.8 Å². The minimum absolute atomic E-state index is 0.288. The molecular formula is C13H14O2S. The van der Waals surface area contributed by atoms with Gasteiger partial charge in [-0.15, -0.1) is 5.92 Å². The van der Waals surface area contributed by atoms with Gasteiger partial charge in [-0.2, -0.15) is 0 Å². The van der Waals surface area contributed by atoms with E-state index in [1.54, 1.807) is 25.1 Å². The summed E-state index contributed by atoms with van der Waals surface area (Å²) in [5.41, 5.74) is 0.763. The van der Waals surface area contributed by atoms with Crippen molar-refractivity contribution in [2.24, 2.45) is 5.92 Å². The van der Waals surface area contributed by atoms with E-state index < -0.39 is 9.84 Å². The number of hydrogen-bond donors (Lipinski definition) is 0. The smallest absolute Gasteiger partial charge is 0.178 e. The van der Waals surface area contributed by atoms with Gasteiger partial charge in [0.05, 0.1) is 10.6 Å². The summed E-state index contributed by atoms with van der Waals surface area (Å²) in [5.74, 6) is 6.31.